The molecule has 0 unspecified atom stereocenters. The zero-order valence-electron chi connectivity index (χ0n) is 41.0. The van der Waals surface area contributed by atoms with Crippen LogP contribution in [0.25, 0.3) is 61.5 Å². The summed E-state index contributed by atoms with van der Waals surface area (Å²) < 4.78 is 13.1. The molecule has 334 valence electrons. The van der Waals surface area contributed by atoms with Gasteiger partial charge in [0.2, 0.25) is 0 Å². The van der Waals surface area contributed by atoms with Gasteiger partial charge in [0.1, 0.15) is 17.3 Å². The number of hydrogen-bond acceptors (Lipinski definition) is 3. The number of ether oxygens (including phenoxy) is 1. The fraction of sp³-hybridized carbons (Fsp3) is 0.283. The molecule has 0 aliphatic carbocycles. The molecule has 0 amide bonds. The molecule has 3 aromatic heterocycles. The van der Waals surface area contributed by atoms with Crippen molar-refractivity contribution in [2.24, 2.45) is 0 Å². The summed E-state index contributed by atoms with van der Waals surface area (Å²) in [5.41, 5.74) is 13.2. The molecular formula is C60H63N5O. The van der Waals surface area contributed by atoms with Crippen molar-refractivity contribution in [3.05, 3.63) is 180 Å². The summed E-state index contributed by atoms with van der Waals surface area (Å²) in [6, 6.07) is 49.6. The van der Waals surface area contributed by atoms with E-state index in [1.54, 1.807) is 0 Å². The number of benzene rings is 6. The van der Waals surface area contributed by atoms with Crippen LogP contribution in [-0.4, -0.2) is 19.2 Å². The van der Waals surface area contributed by atoms with Crippen LogP contribution in [0.3, 0.4) is 0 Å². The fourth-order valence-corrected chi connectivity index (χ4v) is 8.67. The second kappa shape index (κ2) is 16.3. The largest absolute Gasteiger partial charge is 0.458 e. The Bertz CT molecular complexity index is 3200. The lowest BCUT2D eigenvalue weighted by atomic mass is 9.79. The standard InChI is InChI=1S/C60H63N5O/c1-39-28-55(61-37-52(39)40-20-15-14-16-21-40)65-53-25-18-17-24-50(53)51-27-26-49(36-54(51)65)66-48-23-19-22-46(35-48)63-38-64(47-33-44(59(8,9)10)32-45(34-47)60(11,12)13)62-56(63)41-29-42(57(2,3)4)31-43(30-41)58(5,6)7/h14-37H,1-13H3. The maximum absolute atomic E-state index is 6.82. The quantitative estimate of drug-likeness (QED) is 0.118. The molecule has 0 aliphatic heterocycles. The highest BCUT2D eigenvalue weighted by Gasteiger charge is 2.26. The summed E-state index contributed by atoms with van der Waals surface area (Å²) in [4.78, 5) is 5.05. The SMILES string of the molecule is Cc1cc(-n2c3ccccc3c3ccc(Oc4cccc(-n5[c-][n+](-c6cc(C(C)(C)C)cc(C(C)(C)C)c6)nc5-c5cc(C(C)(C)C)cc(C(C)(C)C)c5)c4)cc32)ncc1-c1ccccc1. The number of para-hydroxylation sites is 1. The Hall–Kier alpha value is -6.79. The van der Waals surface area contributed by atoms with Gasteiger partial charge < -0.3 is 4.74 Å². The average molecular weight is 870 g/mol. The van der Waals surface area contributed by atoms with Gasteiger partial charge in [0, 0.05) is 34.2 Å². The van der Waals surface area contributed by atoms with Gasteiger partial charge >= 0.3 is 0 Å². The third-order valence-electron chi connectivity index (χ3n) is 12.8. The number of aryl methyl sites for hydroxylation is 1. The Labute approximate surface area is 391 Å². The van der Waals surface area contributed by atoms with Gasteiger partial charge in [-0.25, -0.2) is 4.98 Å². The summed E-state index contributed by atoms with van der Waals surface area (Å²) in [5.74, 6) is 3.10. The highest BCUT2D eigenvalue weighted by Crippen LogP contribution is 2.38. The Kier molecular flexibility index (Phi) is 10.9. The minimum absolute atomic E-state index is 0.0594. The van der Waals surface area contributed by atoms with Crippen molar-refractivity contribution < 1.29 is 9.42 Å². The summed E-state index contributed by atoms with van der Waals surface area (Å²) in [6.45, 7) is 29.4. The molecule has 0 N–H and O–H groups in total. The van der Waals surface area contributed by atoms with Gasteiger partial charge in [-0.1, -0.05) is 180 Å². The van der Waals surface area contributed by atoms with Gasteiger partial charge in [-0.15, -0.1) is 5.10 Å². The van der Waals surface area contributed by atoms with E-state index in [2.05, 4.69) is 227 Å². The van der Waals surface area contributed by atoms with Crippen molar-refractivity contribution >= 4 is 21.8 Å². The average Bonchev–Trinajstić information content (AvgIpc) is 3.86. The summed E-state index contributed by atoms with van der Waals surface area (Å²) >= 11 is 0. The zero-order chi connectivity index (χ0) is 46.9. The van der Waals surface area contributed by atoms with Crippen LogP contribution in [0.5, 0.6) is 11.5 Å². The molecule has 0 atom stereocenters. The van der Waals surface area contributed by atoms with E-state index < -0.39 is 0 Å². The first kappa shape index (κ1) is 44.4. The Balaban J connectivity index is 1.17. The van der Waals surface area contributed by atoms with Gasteiger partial charge in [-0.3, -0.25) is 9.13 Å². The zero-order valence-corrected chi connectivity index (χ0v) is 41.0. The first-order chi connectivity index (χ1) is 31.1. The van der Waals surface area contributed by atoms with Crippen LogP contribution in [0, 0.1) is 13.3 Å². The second-order valence-electron chi connectivity index (χ2n) is 22.1. The molecule has 0 saturated heterocycles. The van der Waals surface area contributed by atoms with Crippen LogP contribution in [0.1, 0.15) is 111 Å². The van der Waals surface area contributed by atoms with E-state index in [0.717, 1.165) is 72.8 Å². The van der Waals surface area contributed by atoms with Crippen molar-refractivity contribution in [3.63, 3.8) is 0 Å². The predicted octanol–water partition coefficient (Wildman–Crippen LogP) is 15.1. The molecule has 6 heteroatoms. The summed E-state index contributed by atoms with van der Waals surface area (Å²) in [6.07, 6.45) is 5.71. The molecule has 9 rings (SSSR count). The molecule has 66 heavy (non-hydrogen) atoms. The summed E-state index contributed by atoms with van der Waals surface area (Å²) in [5, 5.41) is 7.73. The van der Waals surface area contributed by atoms with E-state index >= 15 is 0 Å². The highest BCUT2D eigenvalue weighted by molar-refractivity contribution is 6.09. The van der Waals surface area contributed by atoms with Crippen LogP contribution < -0.4 is 9.42 Å². The number of rotatable bonds is 7. The Morgan fingerprint density at radius 1 is 0.515 bits per heavy atom. The first-order valence-corrected chi connectivity index (χ1v) is 23.2. The maximum Gasteiger partial charge on any atom is 0.273 e. The number of hydrogen-bond donors (Lipinski definition) is 0. The minimum Gasteiger partial charge on any atom is -0.458 e. The van der Waals surface area contributed by atoms with Crippen LogP contribution >= 0.6 is 0 Å². The lowest BCUT2D eigenvalue weighted by Gasteiger charge is -2.26. The topological polar surface area (TPSA) is 48.8 Å². The van der Waals surface area contributed by atoms with Crippen LogP contribution in [0.4, 0.5) is 0 Å². The molecule has 6 aromatic carbocycles. The molecule has 9 aromatic rings. The molecule has 0 fully saturated rings. The molecule has 3 heterocycles. The number of aromatic nitrogens is 5. The lowest BCUT2D eigenvalue weighted by molar-refractivity contribution is -0.660. The monoisotopic (exact) mass is 870 g/mol. The molecular weight excluding hydrogens is 807 g/mol. The van der Waals surface area contributed by atoms with E-state index in [4.69, 9.17) is 14.8 Å². The van der Waals surface area contributed by atoms with E-state index in [1.807, 2.05) is 29.1 Å². The molecule has 0 spiro atoms. The van der Waals surface area contributed by atoms with Gasteiger partial charge in [-0.05, 0) is 98.4 Å². The van der Waals surface area contributed by atoms with E-state index in [0.29, 0.717) is 5.75 Å². The molecule has 0 radical (unpaired) electrons. The minimum atomic E-state index is -0.0726. The van der Waals surface area contributed by atoms with Gasteiger partial charge in [0.15, 0.2) is 5.82 Å². The summed E-state index contributed by atoms with van der Waals surface area (Å²) in [7, 11) is 0. The first-order valence-electron chi connectivity index (χ1n) is 23.2. The van der Waals surface area contributed by atoms with Gasteiger partial charge in [0.05, 0.1) is 22.4 Å². The fourth-order valence-electron chi connectivity index (χ4n) is 8.67. The number of nitrogens with zero attached hydrogens (tertiary/aromatic N) is 5. The molecule has 0 aliphatic rings. The van der Waals surface area contributed by atoms with Crippen molar-refractivity contribution in [2.75, 3.05) is 0 Å². The van der Waals surface area contributed by atoms with Crippen LogP contribution in [0.15, 0.2) is 146 Å². The lowest BCUT2D eigenvalue weighted by Crippen LogP contribution is -2.34. The van der Waals surface area contributed by atoms with Crippen molar-refractivity contribution in [1.82, 2.24) is 19.2 Å². The van der Waals surface area contributed by atoms with Crippen molar-refractivity contribution in [3.8, 4) is 51.2 Å². The van der Waals surface area contributed by atoms with E-state index in [9.17, 15) is 0 Å². The molecule has 6 nitrogen and oxygen atoms in total. The number of fused-ring (bicyclic) bond motifs is 3. The third-order valence-corrected chi connectivity index (χ3v) is 12.8. The maximum atomic E-state index is 6.82. The third kappa shape index (κ3) is 8.69. The normalized spacial score (nSPS) is 12.6. The van der Waals surface area contributed by atoms with Gasteiger partial charge in [-0.2, -0.15) is 4.68 Å². The van der Waals surface area contributed by atoms with E-state index in [1.165, 1.54) is 22.3 Å². The van der Waals surface area contributed by atoms with Crippen molar-refractivity contribution in [1.29, 1.82) is 0 Å². The van der Waals surface area contributed by atoms with Gasteiger partial charge in [0.25, 0.3) is 6.33 Å². The van der Waals surface area contributed by atoms with E-state index in [-0.39, 0.29) is 21.7 Å². The van der Waals surface area contributed by atoms with Crippen LogP contribution in [-0.2, 0) is 21.7 Å². The number of pyridine rings is 1. The molecule has 0 bridgehead atoms. The highest BCUT2D eigenvalue weighted by atomic mass is 16.5. The Morgan fingerprint density at radius 3 is 1.71 bits per heavy atom. The van der Waals surface area contributed by atoms with Crippen molar-refractivity contribution in [2.45, 2.75) is 112 Å². The smallest absolute Gasteiger partial charge is 0.273 e. The predicted molar refractivity (Wildman–Crippen MR) is 273 cm³/mol. The van der Waals surface area contributed by atoms with Crippen LogP contribution in [0.2, 0.25) is 0 Å². The molecule has 0 saturated carbocycles. The Morgan fingerprint density at radius 2 is 1.09 bits per heavy atom. The second-order valence-corrected chi connectivity index (χ2v) is 22.1.